The number of unbranched alkanes of at least 4 members (excludes halogenated alkanes) is 9. The summed E-state index contributed by atoms with van der Waals surface area (Å²) in [6.07, 6.45) is 13.4. The third-order valence-electron chi connectivity index (χ3n) is 4.57. The number of carbonyl (C=O) groups is 2. The van der Waals surface area contributed by atoms with Gasteiger partial charge >= 0.3 is 11.9 Å². The molecule has 1 aromatic rings. The molecule has 0 aliphatic heterocycles. The average Bonchev–Trinajstić information content (AvgIpc) is 2.68. The van der Waals surface area contributed by atoms with E-state index in [1.807, 2.05) is 0 Å². The van der Waals surface area contributed by atoms with E-state index in [1.165, 1.54) is 51.4 Å². The molecule has 0 aliphatic carbocycles. The highest BCUT2D eigenvalue weighted by atomic mass is 35.5. The summed E-state index contributed by atoms with van der Waals surface area (Å²) in [5, 5.41) is 0.588. The molecule has 0 unspecified atom stereocenters. The van der Waals surface area contributed by atoms with E-state index >= 15 is 0 Å². The van der Waals surface area contributed by atoms with E-state index in [0.29, 0.717) is 23.8 Å². The molecular formula is C23H35ClO4. The van der Waals surface area contributed by atoms with Crippen LogP contribution < -0.4 is 4.74 Å². The van der Waals surface area contributed by atoms with Crippen molar-refractivity contribution in [2.24, 2.45) is 0 Å². The number of ether oxygens (including phenoxy) is 2. The lowest BCUT2D eigenvalue weighted by molar-refractivity contribution is -0.144. The van der Waals surface area contributed by atoms with Gasteiger partial charge in [-0.2, -0.15) is 0 Å². The van der Waals surface area contributed by atoms with Crippen LogP contribution in [0.25, 0.3) is 0 Å². The second-order valence-electron chi connectivity index (χ2n) is 7.18. The fourth-order valence-electron chi connectivity index (χ4n) is 2.91. The molecule has 0 saturated heterocycles. The fourth-order valence-corrected chi connectivity index (χ4v) is 3.04. The van der Waals surface area contributed by atoms with Crippen molar-refractivity contribution in [3.63, 3.8) is 0 Å². The van der Waals surface area contributed by atoms with Crippen LogP contribution in [0, 0.1) is 0 Å². The zero-order valence-corrected chi connectivity index (χ0v) is 18.0. The van der Waals surface area contributed by atoms with E-state index in [1.54, 1.807) is 24.3 Å². The van der Waals surface area contributed by atoms with Gasteiger partial charge in [-0.25, -0.2) is 0 Å². The van der Waals surface area contributed by atoms with E-state index in [-0.39, 0.29) is 24.8 Å². The Morgan fingerprint density at radius 2 is 1.29 bits per heavy atom. The van der Waals surface area contributed by atoms with Gasteiger partial charge in [-0.15, -0.1) is 0 Å². The monoisotopic (exact) mass is 410 g/mol. The standard InChI is InChI=1S/C23H35ClO4/c1-2-3-4-5-6-7-8-9-10-11-19-27-22(25)13-12-14-23(26)28-21-17-15-20(24)16-18-21/h15-18H,2-14,19H2,1H3. The van der Waals surface area contributed by atoms with E-state index in [2.05, 4.69) is 6.92 Å². The molecule has 4 nitrogen and oxygen atoms in total. The predicted octanol–water partition coefficient (Wildman–Crippen LogP) is 6.88. The molecule has 0 aromatic heterocycles. The van der Waals surface area contributed by atoms with Crippen LogP contribution in [0.4, 0.5) is 0 Å². The molecule has 5 heteroatoms. The molecule has 158 valence electrons. The summed E-state index contributed by atoms with van der Waals surface area (Å²) in [5.74, 6) is -0.141. The molecule has 28 heavy (non-hydrogen) atoms. The van der Waals surface area contributed by atoms with Gasteiger partial charge in [-0.3, -0.25) is 9.59 Å². The van der Waals surface area contributed by atoms with Crippen LogP contribution in [0.1, 0.15) is 90.4 Å². The maximum Gasteiger partial charge on any atom is 0.311 e. The van der Waals surface area contributed by atoms with Gasteiger partial charge in [0.25, 0.3) is 0 Å². The van der Waals surface area contributed by atoms with Crippen LogP contribution in [-0.4, -0.2) is 18.5 Å². The van der Waals surface area contributed by atoms with Crippen molar-refractivity contribution < 1.29 is 19.1 Å². The summed E-state index contributed by atoms with van der Waals surface area (Å²) >= 11 is 5.78. The molecule has 0 heterocycles. The van der Waals surface area contributed by atoms with Crippen molar-refractivity contribution in [2.45, 2.75) is 90.4 Å². The Hall–Kier alpha value is -1.55. The minimum atomic E-state index is -0.357. The Bertz CT molecular complexity index is 542. The Labute approximate surface area is 174 Å². The molecule has 0 radical (unpaired) electrons. The van der Waals surface area contributed by atoms with Crippen molar-refractivity contribution >= 4 is 23.5 Å². The number of benzene rings is 1. The van der Waals surface area contributed by atoms with Crippen LogP contribution in [0.15, 0.2) is 24.3 Å². The van der Waals surface area contributed by atoms with Crippen LogP contribution in [-0.2, 0) is 14.3 Å². The van der Waals surface area contributed by atoms with E-state index in [0.717, 1.165) is 12.8 Å². The predicted molar refractivity (Wildman–Crippen MR) is 114 cm³/mol. The normalized spacial score (nSPS) is 10.6. The van der Waals surface area contributed by atoms with Crippen LogP contribution in [0.5, 0.6) is 5.75 Å². The van der Waals surface area contributed by atoms with Crippen LogP contribution in [0.3, 0.4) is 0 Å². The third kappa shape index (κ3) is 13.6. The molecule has 1 rings (SSSR count). The minimum Gasteiger partial charge on any atom is -0.466 e. The largest absolute Gasteiger partial charge is 0.466 e. The molecule has 0 saturated carbocycles. The molecule has 0 aliphatic rings. The first-order valence-corrected chi connectivity index (χ1v) is 11.1. The number of hydrogen-bond acceptors (Lipinski definition) is 4. The van der Waals surface area contributed by atoms with Crippen molar-refractivity contribution in [1.29, 1.82) is 0 Å². The number of rotatable bonds is 16. The molecule has 0 spiro atoms. The van der Waals surface area contributed by atoms with Gasteiger partial charge in [0.1, 0.15) is 5.75 Å². The van der Waals surface area contributed by atoms with Crippen molar-refractivity contribution in [2.75, 3.05) is 6.61 Å². The minimum absolute atomic E-state index is 0.190. The molecule has 0 N–H and O–H groups in total. The maximum absolute atomic E-state index is 11.7. The van der Waals surface area contributed by atoms with Gasteiger partial charge in [-0.1, -0.05) is 76.3 Å². The highest BCUT2D eigenvalue weighted by Crippen LogP contribution is 2.16. The van der Waals surface area contributed by atoms with E-state index in [9.17, 15) is 9.59 Å². The van der Waals surface area contributed by atoms with Crippen molar-refractivity contribution in [3.05, 3.63) is 29.3 Å². The lowest BCUT2D eigenvalue weighted by Crippen LogP contribution is -2.10. The first kappa shape index (κ1) is 24.5. The Morgan fingerprint density at radius 1 is 0.750 bits per heavy atom. The zero-order valence-electron chi connectivity index (χ0n) is 17.2. The van der Waals surface area contributed by atoms with Gasteiger partial charge in [0.2, 0.25) is 0 Å². The first-order chi connectivity index (χ1) is 13.6. The zero-order chi connectivity index (χ0) is 20.5. The smallest absolute Gasteiger partial charge is 0.311 e. The van der Waals surface area contributed by atoms with Gasteiger partial charge in [-0.05, 0) is 37.1 Å². The Balaban J connectivity index is 1.91. The van der Waals surface area contributed by atoms with E-state index in [4.69, 9.17) is 21.1 Å². The maximum atomic E-state index is 11.7. The van der Waals surface area contributed by atoms with Crippen molar-refractivity contribution in [3.8, 4) is 5.75 Å². The molecule has 0 amide bonds. The number of halogens is 1. The van der Waals surface area contributed by atoms with Crippen molar-refractivity contribution in [1.82, 2.24) is 0 Å². The first-order valence-electron chi connectivity index (χ1n) is 10.7. The lowest BCUT2D eigenvalue weighted by atomic mass is 10.1. The molecule has 0 atom stereocenters. The molecule has 1 aromatic carbocycles. The summed E-state index contributed by atoms with van der Waals surface area (Å²) in [6, 6.07) is 6.60. The Morgan fingerprint density at radius 3 is 1.89 bits per heavy atom. The molecule has 0 bridgehead atoms. The quantitative estimate of drug-likeness (QED) is 0.169. The highest BCUT2D eigenvalue weighted by Gasteiger charge is 2.08. The second kappa shape index (κ2) is 16.4. The van der Waals surface area contributed by atoms with Crippen LogP contribution >= 0.6 is 11.6 Å². The number of esters is 2. The summed E-state index contributed by atoms with van der Waals surface area (Å²) < 4.78 is 10.4. The van der Waals surface area contributed by atoms with Gasteiger partial charge in [0, 0.05) is 17.9 Å². The van der Waals surface area contributed by atoms with Gasteiger partial charge < -0.3 is 9.47 Å². The average molecular weight is 411 g/mol. The Kier molecular flexibility index (Phi) is 14.4. The fraction of sp³-hybridized carbons (Fsp3) is 0.652. The summed E-state index contributed by atoms with van der Waals surface area (Å²) in [6.45, 7) is 2.72. The summed E-state index contributed by atoms with van der Waals surface area (Å²) in [4.78, 5) is 23.4. The van der Waals surface area contributed by atoms with Gasteiger partial charge in [0.05, 0.1) is 6.61 Å². The van der Waals surface area contributed by atoms with Gasteiger partial charge in [0.15, 0.2) is 0 Å². The topological polar surface area (TPSA) is 52.6 Å². The second-order valence-corrected chi connectivity index (χ2v) is 7.62. The molecular weight excluding hydrogens is 376 g/mol. The van der Waals surface area contributed by atoms with E-state index < -0.39 is 0 Å². The molecule has 0 fully saturated rings. The number of hydrogen-bond donors (Lipinski definition) is 0. The summed E-state index contributed by atoms with van der Waals surface area (Å²) in [5.41, 5.74) is 0. The van der Waals surface area contributed by atoms with Crippen LogP contribution in [0.2, 0.25) is 5.02 Å². The third-order valence-corrected chi connectivity index (χ3v) is 4.82. The number of carbonyl (C=O) groups excluding carboxylic acids is 2. The highest BCUT2D eigenvalue weighted by molar-refractivity contribution is 6.30. The lowest BCUT2D eigenvalue weighted by Gasteiger charge is -2.06. The summed E-state index contributed by atoms with van der Waals surface area (Å²) in [7, 11) is 0. The SMILES string of the molecule is CCCCCCCCCCCCOC(=O)CCCC(=O)Oc1ccc(Cl)cc1.